The van der Waals surface area contributed by atoms with Crippen molar-refractivity contribution < 1.29 is 13.2 Å². The average Bonchev–Trinajstić information content (AvgIpc) is 2.57. The van der Waals surface area contributed by atoms with E-state index in [9.17, 15) is 13.2 Å². The van der Waals surface area contributed by atoms with Crippen molar-refractivity contribution in [1.29, 1.82) is 0 Å². The Labute approximate surface area is 160 Å². The first-order valence-electron chi connectivity index (χ1n) is 8.30. The van der Waals surface area contributed by atoms with Crippen LogP contribution in [0.1, 0.15) is 24.5 Å². The van der Waals surface area contributed by atoms with Gasteiger partial charge in [0.25, 0.3) is 0 Å². The van der Waals surface area contributed by atoms with Gasteiger partial charge in [-0.05, 0) is 48.7 Å². The fourth-order valence-electron chi connectivity index (χ4n) is 2.73. The molecule has 26 heavy (non-hydrogen) atoms. The summed E-state index contributed by atoms with van der Waals surface area (Å²) in [5, 5.41) is 3.44. The Bertz CT molecular complexity index is 867. The van der Waals surface area contributed by atoms with Gasteiger partial charge in [0.2, 0.25) is 15.9 Å². The van der Waals surface area contributed by atoms with Crippen LogP contribution in [0.5, 0.6) is 0 Å². The summed E-state index contributed by atoms with van der Waals surface area (Å²) in [4.78, 5) is 12.7. The number of nitrogens with zero attached hydrogens (tertiary/aromatic N) is 1. The molecule has 0 saturated carbocycles. The molecular weight excluding hydrogens is 372 g/mol. The maximum absolute atomic E-state index is 12.7. The van der Waals surface area contributed by atoms with Crippen molar-refractivity contribution in [1.82, 2.24) is 5.32 Å². The molecule has 0 unspecified atom stereocenters. The van der Waals surface area contributed by atoms with E-state index in [1.54, 1.807) is 37.3 Å². The number of sulfonamides is 1. The van der Waals surface area contributed by atoms with Crippen molar-refractivity contribution in [2.75, 3.05) is 10.6 Å². The lowest BCUT2D eigenvalue weighted by Crippen LogP contribution is -2.49. The summed E-state index contributed by atoms with van der Waals surface area (Å²) in [6, 6.07) is 13.4. The molecule has 140 valence electrons. The summed E-state index contributed by atoms with van der Waals surface area (Å²) in [6.07, 6.45) is 1.47. The zero-order valence-corrected chi connectivity index (χ0v) is 16.6. The van der Waals surface area contributed by atoms with Crippen LogP contribution >= 0.6 is 11.6 Å². The smallest absolute Gasteiger partial charge is 0.244 e. The maximum Gasteiger partial charge on any atom is 0.244 e. The highest BCUT2D eigenvalue weighted by atomic mass is 35.5. The second-order valence-corrected chi connectivity index (χ2v) is 8.46. The molecule has 2 rings (SSSR count). The van der Waals surface area contributed by atoms with Gasteiger partial charge in [-0.15, -0.1) is 0 Å². The average molecular weight is 395 g/mol. The molecule has 0 bridgehead atoms. The number of hydrogen-bond acceptors (Lipinski definition) is 3. The third-order valence-electron chi connectivity index (χ3n) is 3.97. The molecule has 1 amide bonds. The van der Waals surface area contributed by atoms with Crippen molar-refractivity contribution in [3.8, 4) is 0 Å². The summed E-state index contributed by atoms with van der Waals surface area (Å²) in [5.41, 5.74) is 2.30. The summed E-state index contributed by atoms with van der Waals surface area (Å²) >= 11 is 5.86. The predicted molar refractivity (Wildman–Crippen MR) is 106 cm³/mol. The van der Waals surface area contributed by atoms with Crippen LogP contribution in [0.4, 0.5) is 5.69 Å². The Morgan fingerprint density at radius 3 is 2.38 bits per heavy atom. The van der Waals surface area contributed by atoms with E-state index in [4.69, 9.17) is 11.6 Å². The normalized spacial score (nSPS) is 12.5. The van der Waals surface area contributed by atoms with E-state index < -0.39 is 16.1 Å². The van der Waals surface area contributed by atoms with E-state index in [2.05, 4.69) is 5.32 Å². The largest absolute Gasteiger partial charge is 0.350 e. The number of carbonyl (C=O) groups excluding carboxylic acids is 1. The van der Waals surface area contributed by atoms with Crippen molar-refractivity contribution in [3.63, 3.8) is 0 Å². The van der Waals surface area contributed by atoms with Gasteiger partial charge in [-0.1, -0.05) is 42.8 Å². The van der Waals surface area contributed by atoms with Gasteiger partial charge in [0.05, 0.1) is 11.9 Å². The van der Waals surface area contributed by atoms with Crippen LogP contribution in [0, 0.1) is 6.92 Å². The molecule has 0 saturated heterocycles. The Balaban J connectivity index is 2.23. The van der Waals surface area contributed by atoms with Crippen LogP contribution < -0.4 is 9.62 Å². The van der Waals surface area contributed by atoms with Crippen molar-refractivity contribution in [3.05, 3.63) is 64.7 Å². The summed E-state index contributed by atoms with van der Waals surface area (Å²) in [5.74, 6) is -0.339. The molecule has 0 radical (unpaired) electrons. The molecule has 0 fully saturated rings. The molecule has 7 heteroatoms. The van der Waals surface area contributed by atoms with Crippen LogP contribution in [-0.2, 0) is 21.4 Å². The maximum atomic E-state index is 12.7. The van der Waals surface area contributed by atoms with E-state index >= 15 is 0 Å². The zero-order valence-electron chi connectivity index (χ0n) is 15.1. The molecule has 1 N–H and O–H groups in total. The van der Waals surface area contributed by atoms with Crippen LogP contribution in [0.3, 0.4) is 0 Å². The molecule has 0 spiro atoms. The van der Waals surface area contributed by atoms with Crippen LogP contribution in [0.2, 0.25) is 5.02 Å². The van der Waals surface area contributed by atoms with Gasteiger partial charge >= 0.3 is 0 Å². The highest BCUT2D eigenvalue weighted by Gasteiger charge is 2.31. The molecule has 0 heterocycles. The van der Waals surface area contributed by atoms with Gasteiger partial charge < -0.3 is 5.32 Å². The highest BCUT2D eigenvalue weighted by Crippen LogP contribution is 2.23. The topological polar surface area (TPSA) is 66.5 Å². The third kappa shape index (κ3) is 5.22. The summed E-state index contributed by atoms with van der Waals surface area (Å²) in [6.45, 7) is 3.98. The van der Waals surface area contributed by atoms with E-state index in [0.29, 0.717) is 23.7 Å². The Morgan fingerprint density at radius 1 is 1.19 bits per heavy atom. The second kappa shape index (κ2) is 8.56. The van der Waals surface area contributed by atoms with Crippen LogP contribution in [0.25, 0.3) is 0 Å². The standard InChI is InChI=1S/C19H23ClN2O3S/c1-4-18(19(23)21-13-15-8-10-16(20)11-9-15)22(26(3,24)25)17-7-5-6-14(2)12-17/h5-12,18H,4,13H2,1-3H3,(H,21,23)/t18-/m0/s1. The number of anilines is 1. The van der Waals surface area contributed by atoms with Crippen molar-refractivity contribution in [2.45, 2.75) is 32.9 Å². The number of amides is 1. The van der Waals surface area contributed by atoms with Gasteiger partial charge in [-0.25, -0.2) is 8.42 Å². The lowest BCUT2D eigenvalue weighted by atomic mass is 10.1. The van der Waals surface area contributed by atoms with E-state index in [-0.39, 0.29) is 5.91 Å². The molecule has 5 nitrogen and oxygen atoms in total. The minimum Gasteiger partial charge on any atom is -0.350 e. The van der Waals surface area contributed by atoms with E-state index in [1.165, 1.54) is 4.31 Å². The quantitative estimate of drug-likeness (QED) is 0.781. The lowest BCUT2D eigenvalue weighted by molar-refractivity contribution is -0.122. The molecule has 2 aromatic carbocycles. The van der Waals surface area contributed by atoms with Crippen LogP contribution in [-0.4, -0.2) is 26.6 Å². The number of hydrogen-bond donors (Lipinski definition) is 1. The predicted octanol–water partition coefficient (Wildman–Crippen LogP) is 3.51. The molecule has 1 atom stereocenters. The number of aryl methyl sites for hydroxylation is 1. The highest BCUT2D eigenvalue weighted by molar-refractivity contribution is 7.92. The molecule has 0 aliphatic heterocycles. The summed E-state index contributed by atoms with van der Waals surface area (Å²) in [7, 11) is -3.62. The fourth-order valence-corrected chi connectivity index (χ4v) is 4.06. The molecule has 0 aliphatic carbocycles. The molecule has 2 aromatic rings. The number of halogens is 1. The monoisotopic (exact) mass is 394 g/mol. The minimum atomic E-state index is -3.62. The first-order valence-corrected chi connectivity index (χ1v) is 10.5. The Kier molecular flexibility index (Phi) is 6.67. The van der Waals surface area contributed by atoms with E-state index in [0.717, 1.165) is 17.4 Å². The number of nitrogens with one attached hydrogen (secondary N) is 1. The van der Waals surface area contributed by atoms with Gasteiger partial charge in [-0.2, -0.15) is 0 Å². The number of benzene rings is 2. The van der Waals surface area contributed by atoms with Crippen molar-refractivity contribution in [2.24, 2.45) is 0 Å². The SMILES string of the molecule is CC[C@@H](C(=O)NCc1ccc(Cl)cc1)N(c1cccc(C)c1)S(C)(=O)=O. The fraction of sp³-hybridized carbons (Fsp3) is 0.316. The Hall–Kier alpha value is -2.05. The first kappa shape index (κ1) is 20.3. The van der Waals surface area contributed by atoms with Gasteiger partial charge in [0.1, 0.15) is 6.04 Å². The van der Waals surface area contributed by atoms with Gasteiger partial charge in [0, 0.05) is 11.6 Å². The van der Waals surface area contributed by atoms with Crippen molar-refractivity contribution >= 4 is 33.2 Å². The molecule has 0 aromatic heterocycles. The first-order chi connectivity index (χ1) is 12.2. The second-order valence-electron chi connectivity index (χ2n) is 6.17. The lowest BCUT2D eigenvalue weighted by Gasteiger charge is -2.30. The van der Waals surface area contributed by atoms with Gasteiger partial charge in [-0.3, -0.25) is 9.10 Å². The number of rotatable bonds is 7. The minimum absolute atomic E-state index is 0.303. The van der Waals surface area contributed by atoms with Crippen LogP contribution in [0.15, 0.2) is 48.5 Å². The summed E-state index contributed by atoms with van der Waals surface area (Å²) < 4.78 is 26.0. The Morgan fingerprint density at radius 2 is 1.85 bits per heavy atom. The number of carbonyl (C=O) groups is 1. The van der Waals surface area contributed by atoms with E-state index in [1.807, 2.05) is 25.1 Å². The molecular formula is C19H23ClN2O3S. The third-order valence-corrected chi connectivity index (χ3v) is 5.40. The van der Waals surface area contributed by atoms with Gasteiger partial charge in [0.15, 0.2) is 0 Å². The zero-order chi connectivity index (χ0) is 19.3. The molecule has 0 aliphatic rings.